The first-order valence-electron chi connectivity index (χ1n) is 7.20. The molecule has 1 aliphatic rings. The van der Waals surface area contributed by atoms with Crippen LogP contribution in [0.1, 0.15) is 36.7 Å². The standard InChI is InChI=1S/C14H22N4O3/c1-10(14(20)18-7-5-4-6-8-18)15-13(19)11-9-12(21-3)17(2)16-11/h9-10H,4-8H2,1-3H3,(H,15,19). The summed E-state index contributed by atoms with van der Waals surface area (Å²) in [6, 6.07) is 0.997. The van der Waals surface area contributed by atoms with Gasteiger partial charge in [-0.3, -0.25) is 9.59 Å². The summed E-state index contributed by atoms with van der Waals surface area (Å²) in [6.07, 6.45) is 3.23. The summed E-state index contributed by atoms with van der Waals surface area (Å²) in [5, 5.41) is 6.76. The van der Waals surface area contributed by atoms with E-state index in [0.29, 0.717) is 5.88 Å². The Kier molecular flexibility index (Phi) is 4.82. The number of carbonyl (C=O) groups is 2. The fraction of sp³-hybridized carbons (Fsp3) is 0.643. The molecule has 1 atom stereocenters. The van der Waals surface area contributed by atoms with Crippen molar-refractivity contribution in [1.82, 2.24) is 20.0 Å². The largest absolute Gasteiger partial charge is 0.481 e. The molecule has 0 spiro atoms. The Morgan fingerprint density at radius 2 is 2.00 bits per heavy atom. The van der Waals surface area contributed by atoms with E-state index in [-0.39, 0.29) is 17.5 Å². The molecule has 1 saturated heterocycles. The Morgan fingerprint density at radius 3 is 2.57 bits per heavy atom. The van der Waals surface area contributed by atoms with Crippen molar-refractivity contribution in [3.63, 3.8) is 0 Å². The van der Waals surface area contributed by atoms with Crippen molar-refractivity contribution in [3.8, 4) is 5.88 Å². The minimum Gasteiger partial charge on any atom is -0.481 e. The van der Waals surface area contributed by atoms with Gasteiger partial charge in [0, 0.05) is 26.2 Å². The van der Waals surface area contributed by atoms with Crippen LogP contribution in [0.5, 0.6) is 5.88 Å². The van der Waals surface area contributed by atoms with Crippen LogP contribution < -0.4 is 10.1 Å². The first-order chi connectivity index (χ1) is 10.0. The first kappa shape index (κ1) is 15.3. The van der Waals surface area contributed by atoms with Crippen molar-refractivity contribution in [2.45, 2.75) is 32.2 Å². The van der Waals surface area contributed by atoms with Gasteiger partial charge < -0.3 is 15.0 Å². The number of piperidine rings is 1. The SMILES string of the molecule is COc1cc(C(=O)NC(C)C(=O)N2CCCCC2)nn1C. The molecular formula is C14H22N4O3. The fourth-order valence-electron chi connectivity index (χ4n) is 2.47. The van der Waals surface area contributed by atoms with E-state index in [9.17, 15) is 9.59 Å². The molecule has 0 radical (unpaired) electrons. The van der Waals surface area contributed by atoms with E-state index in [1.54, 1.807) is 20.0 Å². The van der Waals surface area contributed by atoms with Crippen LogP contribution in [-0.2, 0) is 11.8 Å². The van der Waals surface area contributed by atoms with Crippen molar-refractivity contribution in [2.75, 3.05) is 20.2 Å². The number of nitrogens with zero attached hydrogens (tertiary/aromatic N) is 3. The Hall–Kier alpha value is -2.05. The van der Waals surface area contributed by atoms with Gasteiger partial charge in [0.1, 0.15) is 6.04 Å². The second-order valence-corrected chi connectivity index (χ2v) is 5.28. The number of aryl methyl sites for hydroxylation is 1. The zero-order valence-electron chi connectivity index (χ0n) is 12.8. The van der Waals surface area contributed by atoms with Gasteiger partial charge in [-0.1, -0.05) is 0 Å². The van der Waals surface area contributed by atoms with Gasteiger partial charge in [0.05, 0.1) is 7.11 Å². The quantitative estimate of drug-likeness (QED) is 0.880. The number of hydrogen-bond acceptors (Lipinski definition) is 4. The molecule has 1 aliphatic heterocycles. The summed E-state index contributed by atoms with van der Waals surface area (Å²) in [6.45, 7) is 3.25. The van der Waals surface area contributed by atoms with Crippen molar-refractivity contribution in [3.05, 3.63) is 11.8 Å². The third kappa shape index (κ3) is 3.53. The minimum atomic E-state index is -0.552. The number of methoxy groups -OCH3 is 1. The predicted molar refractivity (Wildman–Crippen MR) is 77.1 cm³/mol. The van der Waals surface area contributed by atoms with Crippen LogP contribution in [0.2, 0.25) is 0 Å². The van der Waals surface area contributed by atoms with E-state index in [2.05, 4.69) is 10.4 Å². The highest BCUT2D eigenvalue weighted by Gasteiger charge is 2.24. The molecule has 0 bridgehead atoms. The second-order valence-electron chi connectivity index (χ2n) is 5.28. The molecule has 1 unspecified atom stereocenters. The van der Waals surface area contributed by atoms with Crippen LogP contribution in [-0.4, -0.2) is 52.7 Å². The van der Waals surface area contributed by atoms with Crippen molar-refractivity contribution >= 4 is 11.8 Å². The van der Waals surface area contributed by atoms with E-state index in [4.69, 9.17) is 4.74 Å². The van der Waals surface area contributed by atoms with Gasteiger partial charge in [-0.05, 0) is 26.2 Å². The first-order valence-corrected chi connectivity index (χ1v) is 7.20. The van der Waals surface area contributed by atoms with Gasteiger partial charge in [0.15, 0.2) is 5.69 Å². The number of hydrogen-bond donors (Lipinski definition) is 1. The Bertz CT molecular complexity index is 520. The van der Waals surface area contributed by atoms with Crippen LogP contribution in [0.25, 0.3) is 0 Å². The average molecular weight is 294 g/mol. The number of ether oxygens (including phenoxy) is 1. The number of amides is 2. The van der Waals surface area contributed by atoms with Crippen LogP contribution in [0.4, 0.5) is 0 Å². The summed E-state index contributed by atoms with van der Waals surface area (Å²) in [5.74, 6) is 0.0906. The van der Waals surface area contributed by atoms with Crippen molar-refractivity contribution in [1.29, 1.82) is 0 Å². The fourth-order valence-corrected chi connectivity index (χ4v) is 2.47. The molecule has 1 fully saturated rings. The normalized spacial score (nSPS) is 16.4. The zero-order valence-corrected chi connectivity index (χ0v) is 12.8. The van der Waals surface area contributed by atoms with Gasteiger partial charge in [-0.25, -0.2) is 4.68 Å². The smallest absolute Gasteiger partial charge is 0.272 e. The highest BCUT2D eigenvalue weighted by molar-refractivity contribution is 5.96. The van der Waals surface area contributed by atoms with Crippen molar-refractivity contribution in [2.24, 2.45) is 7.05 Å². The average Bonchev–Trinajstić information content (AvgIpc) is 2.88. The third-order valence-corrected chi connectivity index (χ3v) is 3.66. The second kappa shape index (κ2) is 6.60. The molecule has 2 rings (SSSR count). The minimum absolute atomic E-state index is 0.0362. The number of rotatable bonds is 4. The lowest BCUT2D eigenvalue weighted by Crippen LogP contribution is -2.48. The maximum atomic E-state index is 12.3. The Balaban J connectivity index is 1.95. The summed E-state index contributed by atoms with van der Waals surface area (Å²) in [7, 11) is 3.21. The summed E-state index contributed by atoms with van der Waals surface area (Å²) in [4.78, 5) is 26.2. The van der Waals surface area contributed by atoms with Crippen molar-refractivity contribution < 1.29 is 14.3 Å². The number of nitrogens with one attached hydrogen (secondary N) is 1. The Morgan fingerprint density at radius 1 is 1.33 bits per heavy atom. The van der Waals surface area contributed by atoms with E-state index >= 15 is 0 Å². The van der Waals surface area contributed by atoms with Crippen LogP contribution in [0, 0.1) is 0 Å². The van der Waals surface area contributed by atoms with Gasteiger partial charge in [0.2, 0.25) is 11.8 Å². The molecule has 21 heavy (non-hydrogen) atoms. The van der Waals surface area contributed by atoms with E-state index < -0.39 is 6.04 Å². The topological polar surface area (TPSA) is 76.5 Å². The lowest BCUT2D eigenvalue weighted by molar-refractivity contribution is -0.133. The van der Waals surface area contributed by atoms with E-state index in [1.807, 2.05) is 4.90 Å². The summed E-state index contributed by atoms with van der Waals surface area (Å²) < 4.78 is 6.55. The number of likely N-dealkylation sites (tertiary alicyclic amines) is 1. The van der Waals surface area contributed by atoms with E-state index in [0.717, 1.165) is 32.4 Å². The molecule has 7 heteroatoms. The molecule has 1 aromatic heterocycles. The van der Waals surface area contributed by atoms with E-state index in [1.165, 1.54) is 11.8 Å². The molecule has 2 amide bonds. The third-order valence-electron chi connectivity index (χ3n) is 3.66. The Labute approximate surface area is 124 Å². The zero-order chi connectivity index (χ0) is 15.4. The lowest BCUT2D eigenvalue weighted by atomic mass is 10.1. The highest BCUT2D eigenvalue weighted by atomic mass is 16.5. The number of carbonyl (C=O) groups excluding carboxylic acids is 2. The molecule has 0 saturated carbocycles. The van der Waals surface area contributed by atoms with Gasteiger partial charge >= 0.3 is 0 Å². The molecule has 0 aliphatic carbocycles. The molecular weight excluding hydrogens is 272 g/mol. The van der Waals surface area contributed by atoms with Gasteiger partial charge in [-0.2, -0.15) is 5.10 Å². The molecule has 7 nitrogen and oxygen atoms in total. The molecule has 0 aromatic carbocycles. The predicted octanol–water partition coefficient (Wildman–Crippen LogP) is 0.559. The highest BCUT2D eigenvalue weighted by Crippen LogP contribution is 2.12. The van der Waals surface area contributed by atoms with Crippen LogP contribution in [0.15, 0.2) is 6.07 Å². The lowest BCUT2D eigenvalue weighted by Gasteiger charge is -2.29. The maximum Gasteiger partial charge on any atom is 0.272 e. The van der Waals surface area contributed by atoms with Crippen LogP contribution in [0.3, 0.4) is 0 Å². The number of aromatic nitrogens is 2. The van der Waals surface area contributed by atoms with Gasteiger partial charge in [-0.15, -0.1) is 0 Å². The molecule has 1 N–H and O–H groups in total. The monoisotopic (exact) mass is 294 g/mol. The molecule has 116 valence electrons. The molecule has 2 heterocycles. The maximum absolute atomic E-state index is 12.3. The summed E-state index contributed by atoms with van der Waals surface area (Å²) >= 11 is 0. The summed E-state index contributed by atoms with van der Waals surface area (Å²) in [5.41, 5.74) is 0.243. The molecule has 1 aromatic rings. The van der Waals surface area contributed by atoms with Gasteiger partial charge in [0.25, 0.3) is 5.91 Å². The van der Waals surface area contributed by atoms with Crippen LogP contribution >= 0.6 is 0 Å².